The summed E-state index contributed by atoms with van der Waals surface area (Å²) in [4.78, 5) is 4.23. The number of hydrogen-bond acceptors (Lipinski definition) is 3. The van der Waals surface area contributed by atoms with Crippen molar-refractivity contribution in [2.24, 2.45) is 0 Å². The zero-order chi connectivity index (χ0) is 9.26. The average molecular weight is 173 g/mol. The van der Waals surface area contributed by atoms with E-state index in [0.29, 0.717) is 0 Å². The molecule has 0 amide bonds. The van der Waals surface area contributed by atoms with Crippen molar-refractivity contribution in [3.8, 4) is 0 Å². The first-order valence-electron chi connectivity index (χ1n) is 4.13. The fraction of sp³-hybridized carbons (Fsp3) is 0.100. The van der Waals surface area contributed by atoms with Gasteiger partial charge < -0.3 is 11.1 Å². The van der Waals surface area contributed by atoms with Crippen molar-refractivity contribution in [1.82, 2.24) is 4.98 Å². The maximum Gasteiger partial charge on any atom is 0.0743 e. The van der Waals surface area contributed by atoms with Crippen LogP contribution >= 0.6 is 0 Å². The van der Waals surface area contributed by atoms with Crippen LogP contribution in [0.1, 0.15) is 0 Å². The van der Waals surface area contributed by atoms with Crippen LogP contribution in [0.25, 0.3) is 10.9 Å². The lowest BCUT2D eigenvalue weighted by Crippen LogP contribution is -1.91. The van der Waals surface area contributed by atoms with Crippen LogP contribution in [-0.2, 0) is 0 Å². The Kier molecular flexibility index (Phi) is 1.77. The van der Waals surface area contributed by atoms with Gasteiger partial charge in [0.1, 0.15) is 0 Å². The minimum atomic E-state index is 0.744. The van der Waals surface area contributed by atoms with Gasteiger partial charge in [0.25, 0.3) is 0 Å². The van der Waals surface area contributed by atoms with E-state index in [1.54, 1.807) is 6.20 Å². The summed E-state index contributed by atoms with van der Waals surface area (Å²) in [5.41, 5.74) is 8.40. The van der Waals surface area contributed by atoms with Crippen molar-refractivity contribution < 1.29 is 0 Å². The Morgan fingerprint density at radius 2 is 2.15 bits per heavy atom. The topological polar surface area (TPSA) is 50.9 Å². The molecule has 0 atom stereocenters. The van der Waals surface area contributed by atoms with Crippen LogP contribution in [0.2, 0.25) is 0 Å². The monoisotopic (exact) mass is 173 g/mol. The standard InChI is InChI=1S/C10H11N3/c1-12-9-4-5-13-10-6-7(11)2-3-8(9)10/h2-6H,11H2,1H3,(H,12,13). The summed E-state index contributed by atoms with van der Waals surface area (Å²) >= 11 is 0. The molecule has 3 heteroatoms. The number of hydrogen-bond donors (Lipinski definition) is 2. The molecule has 2 aromatic rings. The van der Waals surface area contributed by atoms with Crippen LogP contribution < -0.4 is 11.1 Å². The van der Waals surface area contributed by atoms with E-state index in [2.05, 4.69) is 10.3 Å². The summed E-state index contributed by atoms with van der Waals surface area (Å²) in [6.45, 7) is 0. The number of rotatable bonds is 1. The lowest BCUT2D eigenvalue weighted by molar-refractivity contribution is 1.40. The van der Waals surface area contributed by atoms with Crippen molar-refractivity contribution in [3.63, 3.8) is 0 Å². The molecule has 2 rings (SSSR count). The van der Waals surface area contributed by atoms with E-state index in [-0.39, 0.29) is 0 Å². The van der Waals surface area contributed by atoms with Gasteiger partial charge in [-0.3, -0.25) is 4.98 Å². The molecule has 3 N–H and O–H groups in total. The number of benzene rings is 1. The van der Waals surface area contributed by atoms with E-state index >= 15 is 0 Å². The molecule has 0 aliphatic rings. The molecule has 0 aliphatic carbocycles. The van der Waals surface area contributed by atoms with Gasteiger partial charge in [0.15, 0.2) is 0 Å². The average Bonchev–Trinajstić information content (AvgIpc) is 2.16. The second kappa shape index (κ2) is 2.94. The first kappa shape index (κ1) is 7.86. The van der Waals surface area contributed by atoms with Gasteiger partial charge in [0.05, 0.1) is 5.52 Å². The number of pyridine rings is 1. The van der Waals surface area contributed by atoms with E-state index in [9.17, 15) is 0 Å². The molecule has 0 spiro atoms. The smallest absolute Gasteiger partial charge is 0.0743 e. The normalized spacial score (nSPS) is 10.2. The molecule has 1 heterocycles. The van der Waals surface area contributed by atoms with Gasteiger partial charge in [-0.2, -0.15) is 0 Å². The minimum Gasteiger partial charge on any atom is -0.399 e. The van der Waals surface area contributed by atoms with Gasteiger partial charge in [-0.25, -0.2) is 0 Å². The Morgan fingerprint density at radius 3 is 2.92 bits per heavy atom. The predicted octanol–water partition coefficient (Wildman–Crippen LogP) is 1.86. The minimum absolute atomic E-state index is 0.744. The molecule has 0 bridgehead atoms. The van der Waals surface area contributed by atoms with E-state index in [1.165, 1.54) is 0 Å². The molecule has 0 aliphatic heterocycles. The molecule has 3 nitrogen and oxygen atoms in total. The number of anilines is 2. The fourth-order valence-electron chi connectivity index (χ4n) is 1.38. The van der Waals surface area contributed by atoms with Gasteiger partial charge in [-0.15, -0.1) is 0 Å². The third-order valence-electron chi connectivity index (χ3n) is 2.04. The van der Waals surface area contributed by atoms with Crippen molar-refractivity contribution in [1.29, 1.82) is 0 Å². The number of aromatic nitrogens is 1. The highest BCUT2D eigenvalue weighted by Gasteiger charge is 1.99. The number of nitrogen functional groups attached to an aromatic ring is 1. The van der Waals surface area contributed by atoms with Gasteiger partial charge in [-0.05, 0) is 24.3 Å². The van der Waals surface area contributed by atoms with Gasteiger partial charge in [-0.1, -0.05) is 0 Å². The second-order valence-corrected chi connectivity index (χ2v) is 2.89. The molecule has 1 aromatic heterocycles. The lowest BCUT2D eigenvalue weighted by atomic mass is 10.2. The maximum absolute atomic E-state index is 5.65. The molecular formula is C10H11N3. The Balaban J connectivity index is 2.77. The molecule has 0 unspecified atom stereocenters. The SMILES string of the molecule is CNc1ccnc2cc(N)ccc12. The molecule has 66 valence electrons. The first-order chi connectivity index (χ1) is 6.31. The Bertz CT molecular complexity index is 437. The van der Waals surface area contributed by atoms with E-state index in [1.807, 2.05) is 31.3 Å². The van der Waals surface area contributed by atoms with Crippen LogP contribution in [-0.4, -0.2) is 12.0 Å². The Morgan fingerprint density at radius 1 is 1.31 bits per heavy atom. The van der Waals surface area contributed by atoms with Crippen LogP contribution in [0.3, 0.4) is 0 Å². The molecule has 0 fully saturated rings. The third kappa shape index (κ3) is 1.28. The Hall–Kier alpha value is -1.77. The van der Waals surface area contributed by atoms with Crippen molar-refractivity contribution in [2.45, 2.75) is 0 Å². The van der Waals surface area contributed by atoms with Crippen LogP contribution in [0.4, 0.5) is 11.4 Å². The summed E-state index contributed by atoms with van der Waals surface area (Å²) in [5, 5.41) is 4.21. The summed E-state index contributed by atoms with van der Waals surface area (Å²) in [6.07, 6.45) is 1.77. The van der Waals surface area contributed by atoms with Crippen molar-refractivity contribution in [2.75, 3.05) is 18.1 Å². The van der Waals surface area contributed by atoms with Gasteiger partial charge in [0, 0.05) is 30.0 Å². The van der Waals surface area contributed by atoms with Gasteiger partial charge >= 0.3 is 0 Å². The van der Waals surface area contributed by atoms with Crippen LogP contribution in [0.5, 0.6) is 0 Å². The highest BCUT2D eigenvalue weighted by Crippen LogP contribution is 2.22. The summed E-state index contributed by atoms with van der Waals surface area (Å²) in [5.74, 6) is 0. The summed E-state index contributed by atoms with van der Waals surface area (Å²) in [6, 6.07) is 7.67. The molecule has 13 heavy (non-hydrogen) atoms. The van der Waals surface area contributed by atoms with Crippen molar-refractivity contribution >= 4 is 22.3 Å². The molecule has 1 aromatic carbocycles. The lowest BCUT2D eigenvalue weighted by Gasteiger charge is -2.04. The molecular weight excluding hydrogens is 162 g/mol. The summed E-state index contributed by atoms with van der Waals surface area (Å²) in [7, 11) is 1.89. The highest BCUT2D eigenvalue weighted by atomic mass is 14.8. The first-order valence-corrected chi connectivity index (χ1v) is 4.13. The predicted molar refractivity (Wildman–Crippen MR) is 55.7 cm³/mol. The molecule has 0 radical (unpaired) electrons. The fourth-order valence-corrected chi connectivity index (χ4v) is 1.38. The molecule has 0 saturated carbocycles. The highest BCUT2D eigenvalue weighted by molar-refractivity contribution is 5.92. The number of fused-ring (bicyclic) bond motifs is 1. The van der Waals surface area contributed by atoms with Crippen molar-refractivity contribution in [3.05, 3.63) is 30.5 Å². The zero-order valence-corrected chi connectivity index (χ0v) is 7.41. The second-order valence-electron chi connectivity index (χ2n) is 2.89. The zero-order valence-electron chi connectivity index (χ0n) is 7.41. The van der Waals surface area contributed by atoms with E-state index in [4.69, 9.17) is 5.73 Å². The summed E-state index contributed by atoms with van der Waals surface area (Å²) < 4.78 is 0. The largest absolute Gasteiger partial charge is 0.399 e. The molecule has 0 saturated heterocycles. The van der Waals surface area contributed by atoms with Crippen LogP contribution in [0.15, 0.2) is 30.5 Å². The number of nitrogens with two attached hydrogens (primary N) is 1. The third-order valence-corrected chi connectivity index (χ3v) is 2.04. The maximum atomic E-state index is 5.65. The number of nitrogens with one attached hydrogen (secondary N) is 1. The van der Waals surface area contributed by atoms with Gasteiger partial charge in [0.2, 0.25) is 0 Å². The quantitative estimate of drug-likeness (QED) is 0.647. The number of nitrogens with zero attached hydrogens (tertiary/aromatic N) is 1. The van der Waals surface area contributed by atoms with Crippen LogP contribution in [0, 0.1) is 0 Å². The van der Waals surface area contributed by atoms with E-state index < -0.39 is 0 Å². The van der Waals surface area contributed by atoms with E-state index in [0.717, 1.165) is 22.3 Å². The Labute approximate surface area is 76.6 Å².